The van der Waals surface area contributed by atoms with Crippen LogP contribution in [0.2, 0.25) is 0 Å². The van der Waals surface area contributed by atoms with Gasteiger partial charge in [-0.2, -0.15) is 0 Å². The van der Waals surface area contributed by atoms with Crippen molar-refractivity contribution in [3.05, 3.63) is 59.7 Å². The predicted molar refractivity (Wildman–Crippen MR) is 102 cm³/mol. The van der Waals surface area contributed by atoms with Crippen molar-refractivity contribution < 1.29 is 19.1 Å². The summed E-state index contributed by atoms with van der Waals surface area (Å²) in [5.74, 6) is -0.493. The maximum atomic E-state index is 12.8. The third-order valence-electron chi connectivity index (χ3n) is 3.83. The number of hydrogen-bond acceptors (Lipinski definition) is 4. The summed E-state index contributed by atoms with van der Waals surface area (Å²) in [6.07, 6.45) is 0. The van der Waals surface area contributed by atoms with Gasteiger partial charge >= 0.3 is 0 Å². The molecule has 3 amide bonds. The van der Waals surface area contributed by atoms with Crippen LogP contribution in [0.15, 0.2) is 48.5 Å². The number of methoxy groups -OCH3 is 1. The summed E-state index contributed by atoms with van der Waals surface area (Å²) >= 11 is 0. The minimum atomic E-state index is -0.894. The molecule has 3 N–H and O–H groups in total. The van der Waals surface area contributed by atoms with Crippen LogP contribution in [0.5, 0.6) is 5.75 Å². The average molecular weight is 369 g/mol. The standard InChI is InChI=1S/C20H23N3O4/c1-13-4-6-15(7-5-13)19(23-18(25)12-21-14(2)24)20(26)22-16-8-10-17(27-3)11-9-16/h4-11,19H,12H2,1-3H3,(H,21,24)(H,22,26)(H,23,25)/t19-/m0/s1. The zero-order valence-electron chi connectivity index (χ0n) is 15.5. The molecule has 7 nitrogen and oxygen atoms in total. The van der Waals surface area contributed by atoms with Crippen LogP contribution in [-0.2, 0) is 14.4 Å². The first-order valence-corrected chi connectivity index (χ1v) is 8.44. The third kappa shape index (κ3) is 6.14. The zero-order valence-corrected chi connectivity index (χ0v) is 15.5. The maximum absolute atomic E-state index is 12.8. The van der Waals surface area contributed by atoms with Crippen molar-refractivity contribution in [2.75, 3.05) is 19.0 Å². The Kier molecular flexibility index (Phi) is 6.93. The van der Waals surface area contributed by atoms with Crippen molar-refractivity contribution >= 4 is 23.4 Å². The first-order chi connectivity index (χ1) is 12.9. The Hall–Kier alpha value is -3.35. The highest BCUT2D eigenvalue weighted by Crippen LogP contribution is 2.19. The molecule has 2 rings (SSSR count). The van der Waals surface area contributed by atoms with E-state index < -0.39 is 11.9 Å². The molecule has 27 heavy (non-hydrogen) atoms. The van der Waals surface area contributed by atoms with Crippen molar-refractivity contribution in [2.24, 2.45) is 0 Å². The lowest BCUT2D eigenvalue weighted by Crippen LogP contribution is -2.42. The molecule has 2 aromatic rings. The Morgan fingerprint density at radius 2 is 1.63 bits per heavy atom. The third-order valence-corrected chi connectivity index (χ3v) is 3.83. The Bertz CT molecular complexity index is 801. The number of anilines is 1. The maximum Gasteiger partial charge on any atom is 0.251 e. The minimum absolute atomic E-state index is 0.201. The highest BCUT2D eigenvalue weighted by Gasteiger charge is 2.23. The van der Waals surface area contributed by atoms with Crippen molar-refractivity contribution in [2.45, 2.75) is 19.9 Å². The number of ether oxygens (including phenoxy) is 1. The summed E-state index contributed by atoms with van der Waals surface area (Å²) in [5.41, 5.74) is 2.26. The minimum Gasteiger partial charge on any atom is -0.497 e. The Labute approximate surface area is 158 Å². The van der Waals surface area contributed by atoms with E-state index in [9.17, 15) is 14.4 Å². The number of aryl methyl sites for hydroxylation is 1. The molecule has 0 aliphatic heterocycles. The molecule has 0 radical (unpaired) electrons. The van der Waals surface area contributed by atoms with Crippen LogP contribution in [0.3, 0.4) is 0 Å². The molecule has 2 aromatic carbocycles. The smallest absolute Gasteiger partial charge is 0.251 e. The van der Waals surface area contributed by atoms with E-state index in [0.717, 1.165) is 5.56 Å². The first kappa shape index (κ1) is 20.0. The van der Waals surface area contributed by atoms with Gasteiger partial charge in [-0.05, 0) is 36.8 Å². The topological polar surface area (TPSA) is 96.5 Å². The summed E-state index contributed by atoms with van der Waals surface area (Å²) < 4.78 is 5.10. The van der Waals surface area contributed by atoms with Gasteiger partial charge in [-0.25, -0.2) is 0 Å². The van der Waals surface area contributed by atoms with Crippen LogP contribution in [0.1, 0.15) is 24.1 Å². The first-order valence-electron chi connectivity index (χ1n) is 8.44. The van der Waals surface area contributed by atoms with Crippen LogP contribution in [0.25, 0.3) is 0 Å². The van der Waals surface area contributed by atoms with Gasteiger partial charge in [0.05, 0.1) is 13.7 Å². The second kappa shape index (κ2) is 9.38. The van der Waals surface area contributed by atoms with Crippen LogP contribution in [0.4, 0.5) is 5.69 Å². The molecular formula is C20H23N3O4. The fourth-order valence-corrected chi connectivity index (χ4v) is 2.36. The van der Waals surface area contributed by atoms with Gasteiger partial charge in [-0.3, -0.25) is 14.4 Å². The quantitative estimate of drug-likeness (QED) is 0.695. The van der Waals surface area contributed by atoms with E-state index in [1.54, 1.807) is 43.5 Å². The van der Waals surface area contributed by atoms with Gasteiger partial charge in [-0.1, -0.05) is 29.8 Å². The molecule has 142 valence electrons. The van der Waals surface area contributed by atoms with Crippen molar-refractivity contribution in [1.82, 2.24) is 10.6 Å². The number of rotatable bonds is 7. The fraction of sp³-hybridized carbons (Fsp3) is 0.250. The van der Waals surface area contributed by atoms with Gasteiger partial charge in [0.2, 0.25) is 11.8 Å². The summed E-state index contributed by atoms with van der Waals surface area (Å²) in [5, 5.41) is 7.86. The number of carbonyl (C=O) groups is 3. The molecule has 0 unspecified atom stereocenters. The average Bonchev–Trinajstić information content (AvgIpc) is 2.66. The van der Waals surface area contributed by atoms with Gasteiger partial charge in [0.15, 0.2) is 0 Å². The zero-order chi connectivity index (χ0) is 19.8. The molecule has 0 saturated carbocycles. The fourth-order valence-electron chi connectivity index (χ4n) is 2.36. The lowest BCUT2D eigenvalue weighted by molar-refractivity contribution is -0.127. The largest absolute Gasteiger partial charge is 0.497 e. The Morgan fingerprint density at radius 3 is 2.19 bits per heavy atom. The van der Waals surface area contributed by atoms with Crippen molar-refractivity contribution in [3.8, 4) is 5.75 Å². The molecule has 0 spiro atoms. The lowest BCUT2D eigenvalue weighted by Gasteiger charge is -2.19. The van der Waals surface area contributed by atoms with Gasteiger partial charge < -0.3 is 20.7 Å². The van der Waals surface area contributed by atoms with Crippen LogP contribution >= 0.6 is 0 Å². The Morgan fingerprint density at radius 1 is 1.00 bits per heavy atom. The summed E-state index contributed by atoms with van der Waals surface area (Å²) in [4.78, 5) is 35.9. The molecule has 0 saturated heterocycles. The molecule has 1 atom stereocenters. The van der Waals surface area contributed by atoms with E-state index in [4.69, 9.17) is 4.74 Å². The van der Waals surface area contributed by atoms with Crippen molar-refractivity contribution in [1.29, 1.82) is 0 Å². The van der Waals surface area contributed by atoms with E-state index in [0.29, 0.717) is 17.0 Å². The van der Waals surface area contributed by atoms with Crippen LogP contribution in [0, 0.1) is 6.92 Å². The summed E-state index contributed by atoms with van der Waals surface area (Å²) in [6.45, 7) is 3.06. The van der Waals surface area contributed by atoms with Crippen molar-refractivity contribution in [3.63, 3.8) is 0 Å². The second-order valence-corrected chi connectivity index (χ2v) is 6.04. The monoisotopic (exact) mass is 369 g/mol. The highest BCUT2D eigenvalue weighted by molar-refractivity contribution is 5.98. The molecule has 0 aliphatic rings. The van der Waals surface area contributed by atoms with Gasteiger partial charge in [0, 0.05) is 12.6 Å². The molecule has 0 aliphatic carbocycles. The van der Waals surface area contributed by atoms with Crippen LogP contribution in [-0.4, -0.2) is 31.4 Å². The number of carbonyl (C=O) groups excluding carboxylic acids is 3. The molecule has 0 fully saturated rings. The van der Waals surface area contributed by atoms with E-state index in [-0.39, 0.29) is 18.4 Å². The normalized spacial score (nSPS) is 11.2. The van der Waals surface area contributed by atoms with Gasteiger partial charge in [-0.15, -0.1) is 0 Å². The molecule has 7 heteroatoms. The number of nitrogens with one attached hydrogen (secondary N) is 3. The predicted octanol–water partition coefficient (Wildman–Crippen LogP) is 1.94. The van der Waals surface area contributed by atoms with E-state index in [1.165, 1.54) is 6.92 Å². The van der Waals surface area contributed by atoms with E-state index in [2.05, 4.69) is 16.0 Å². The number of amides is 3. The molecular weight excluding hydrogens is 346 g/mol. The number of hydrogen-bond donors (Lipinski definition) is 3. The van der Waals surface area contributed by atoms with Gasteiger partial charge in [0.1, 0.15) is 11.8 Å². The molecule has 0 heterocycles. The van der Waals surface area contributed by atoms with Gasteiger partial charge in [0.25, 0.3) is 5.91 Å². The Balaban J connectivity index is 2.16. The van der Waals surface area contributed by atoms with E-state index >= 15 is 0 Å². The highest BCUT2D eigenvalue weighted by atomic mass is 16.5. The molecule has 0 bridgehead atoms. The lowest BCUT2D eigenvalue weighted by atomic mass is 10.0. The van der Waals surface area contributed by atoms with Crippen LogP contribution < -0.4 is 20.7 Å². The number of benzene rings is 2. The SMILES string of the molecule is COc1ccc(NC(=O)[C@@H](NC(=O)CNC(C)=O)c2ccc(C)cc2)cc1. The molecule has 0 aromatic heterocycles. The summed E-state index contributed by atoms with van der Waals surface area (Å²) in [6, 6.07) is 13.3. The second-order valence-electron chi connectivity index (χ2n) is 6.04. The summed E-state index contributed by atoms with van der Waals surface area (Å²) in [7, 11) is 1.56. The van der Waals surface area contributed by atoms with E-state index in [1.807, 2.05) is 19.1 Å².